The largest absolute Gasteiger partial charge is 0.344 e. The number of carbonyl (C=O) groups excluding carboxylic acids is 1. The van der Waals surface area contributed by atoms with Gasteiger partial charge in [-0.3, -0.25) is 4.79 Å². The minimum Gasteiger partial charge on any atom is -0.344 e. The van der Waals surface area contributed by atoms with E-state index in [1.807, 2.05) is 54.8 Å². The average molecular weight is 463 g/mol. The van der Waals surface area contributed by atoms with E-state index in [0.717, 1.165) is 21.4 Å². The van der Waals surface area contributed by atoms with Gasteiger partial charge >= 0.3 is 0 Å². The van der Waals surface area contributed by atoms with E-state index in [-0.39, 0.29) is 29.1 Å². The normalized spacial score (nSPS) is 17.9. The average Bonchev–Trinajstić information content (AvgIpc) is 3.38. The zero-order chi connectivity index (χ0) is 21.3. The Kier molecular flexibility index (Phi) is 5.99. The van der Waals surface area contributed by atoms with Crippen LogP contribution < -0.4 is 5.32 Å². The highest BCUT2D eigenvalue weighted by Gasteiger charge is 2.31. The number of para-hydroxylation sites is 1. The molecule has 158 valence electrons. The van der Waals surface area contributed by atoms with Crippen molar-refractivity contribution in [3.05, 3.63) is 53.3 Å². The molecule has 0 spiro atoms. The number of aromatic nitrogens is 3. The van der Waals surface area contributed by atoms with E-state index in [1.54, 1.807) is 0 Å². The summed E-state index contributed by atoms with van der Waals surface area (Å²) in [5.41, 5.74) is 3.34. The minimum atomic E-state index is -2.98. The Hall–Kier alpha value is -2.17. The highest BCUT2D eigenvalue weighted by molar-refractivity contribution is 8.01. The molecule has 0 bridgehead atoms. The molecule has 1 aliphatic heterocycles. The number of thioether (sulfide) groups is 1. The summed E-state index contributed by atoms with van der Waals surface area (Å²) in [5.74, 6) is 0.624. The van der Waals surface area contributed by atoms with Crippen molar-refractivity contribution in [1.82, 2.24) is 14.8 Å². The summed E-state index contributed by atoms with van der Waals surface area (Å²) >= 11 is 2.76. The summed E-state index contributed by atoms with van der Waals surface area (Å²) in [6.07, 6.45) is 0.600. The first-order chi connectivity index (χ1) is 14.3. The van der Waals surface area contributed by atoms with Crippen LogP contribution >= 0.6 is 23.1 Å². The van der Waals surface area contributed by atoms with Crippen molar-refractivity contribution in [3.8, 4) is 0 Å². The summed E-state index contributed by atoms with van der Waals surface area (Å²) in [6.45, 7) is 3.82. The molecule has 0 radical (unpaired) electrons. The SMILES string of the molecule is Cc1cc(C(=O)CSc2nnc(Nc3ccccc3)s2)c(C)n1C1CCS(=O)(=O)C1. The number of hydrogen-bond donors (Lipinski definition) is 1. The third kappa shape index (κ3) is 4.60. The van der Waals surface area contributed by atoms with Gasteiger partial charge in [0.25, 0.3) is 0 Å². The molecule has 1 aliphatic rings. The van der Waals surface area contributed by atoms with E-state index in [2.05, 4.69) is 15.5 Å². The number of sulfone groups is 1. The van der Waals surface area contributed by atoms with Gasteiger partial charge < -0.3 is 9.88 Å². The van der Waals surface area contributed by atoms with Crippen molar-refractivity contribution >= 4 is 49.5 Å². The number of ketones is 1. The second-order valence-corrected chi connectivity index (χ2v) is 11.7. The Morgan fingerprint density at radius 2 is 2.03 bits per heavy atom. The molecule has 4 rings (SSSR count). The predicted octanol–water partition coefficient (Wildman–Crippen LogP) is 4.03. The molecule has 0 saturated carbocycles. The lowest BCUT2D eigenvalue weighted by Crippen LogP contribution is -2.14. The smallest absolute Gasteiger partial charge is 0.210 e. The van der Waals surface area contributed by atoms with E-state index in [4.69, 9.17) is 0 Å². The van der Waals surface area contributed by atoms with Crippen LogP contribution in [0, 0.1) is 13.8 Å². The fraction of sp³-hybridized carbons (Fsp3) is 0.350. The van der Waals surface area contributed by atoms with Gasteiger partial charge in [-0.25, -0.2) is 8.42 Å². The molecule has 10 heteroatoms. The van der Waals surface area contributed by atoms with Crippen molar-refractivity contribution in [1.29, 1.82) is 0 Å². The molecule has 3 aromatic rings. The van der Waals surface area contributed by atoms with Gasteiger partial charge in [-0.15, -0.1) is 10.2 Å². The summed E-state index contributed by atoms with van der Waals surface area (Å²) < 4.78 is 26.4. The van der Waals surface area contributed by atoms with Crippen molar-refractivity contribution in [3.63, 3.8) is 0 Å². The van der Waals surface area contributed by atoms with E-state index >= 15 is 0 Å². The summed E-state index contributed by atoms with van der Waals surface area (Å²) in [6, 6.07) is 11.5. The first-order valence-electron chi connectivity index (χ1n) is 9.53. The number of hydrogen-bond acceptors (Lipinski definition) is 8. The zero-order valence-corrected chi connectivity index (χ0v) is 19.1. The van der Waals surface area contributed by atoms with Gasteiger partial charge in [-0.05, 0) is 38.5 Å². The number of Topliss-reactive ketones (excluding diaryl/α,β-unsaturated/α-hetero) is 1. The molecular formula is C20H22N4O3S3. The fourth-order valence-electron chi connectivity index (χ4n) is 3.77. The van der Waals surface area contributed by atoms with E-state index in [0.29, 0.717) is 17.1 Å². The van der Waals surface area contributed by atoms with Gasteiger partial charge in [0.15, 0.2) is 20.0 Å². The first kappa shape index (κ1) is 21.1. The Morgan fingerprint density at radius 1 is 1.27 bits per heavy atom. The molecule has 1 saturated heterocycles. The van der Waals surface area contributed by atoms with Crippen LogP contribution in [0.3, 0.4) is 0 Å². The lowest BCUT2D eigenvalue weighted by molar-refractivity contribution is 0.102. The van der Waals surface area contributed by atoms with E-state index in [1.165, 1.54) is 23.1 Å². The van der Waals surface area contributed by atoms with Gasteiger partial charge in [-0.2, -0.15) is 0 Å². The molecule has 7 nitrogen and oxygen atoms in total. The molecule has 1 N–H and O–H groups in total. The quantitative estimate of drug-likeness (QED) is 0.418. The Balaban J connectivity index is 1.41. The topological polar surface area (TPSA) is 93.9 Å². The number of benzene rings is 1. The number of nitrogens with zero attached hydrogens (tertiary/aromatic N) is 3. The standard InChI is InChI=1S/C20H22N4O3S3/c1-13-10-17(14(2)24(13)16-8-9-30(26,27)12-16)18(25)11-28-20-23-22-19(29-20)21-15-6-4-3-5-7-15/h3-7,10,16H,8-9,11-12H2,1-2H3,(H,21,22). The molecule has 1 unspecified atom stereocenters. The second kappa shape index (κ2) is 8.52. The highest BCUT2D eigenvalue weighted by atomic mass is 32.2. The molecule has 30 heavy (non-hydrogen) atoms. The minimum absolute atomic E-state index is 0.00738. The number of aryl methyl sites for hydroxylation is 1. The maximum atomic E-state index is 12.8. The lowest BCUT2D eigenvalue weighted by atomic mass is 10.2. The van der Waals surface area contributed by atoms with Crippen LogP contribution in [-0.2, 0) is 9.84 Å². The Bertz CT molecular complexity index is 1170. The number of carbonyl (C=O) groups is 1. The Labute approximate surface area is 183 Å². The Morgan fingerprint density at radius 3 is 2.73 bits per heavy atom. The number of rotatable bonds is 7. The fourth-order valence-corrected chi connectivity index (χ4v) is 7.12. The third-order valence-corrected chi connectivity index (χ3v) is 8.84. The zero-order valence-electron chi connectivity index (χ0n) is 16.7. The van der Waals surface area contributed by atoms with Gasteiger partial charge in [-0.1, -0.05) is 41.3 Å². The van der Waals surface area contributed by atoms with Gasteiger partial charge in [0.2, 0.25) is 5.13 Å². The van der Waals surface area contributed by atoms with Gasteiger partial charge in [0, 0.05) is 28.7 Å². The summed E-state index contributed by atoms with van der Waals surface area (Å²) in [5, 5.41) is 12.1. The molecule has 1 fully saturated rings. The van der Waals surface area contributed by atoms with Crippen molar-refractivity contribution in [2.45, 2.75) is 30.6 Å². The highest BCUT2D eigenvalue weighted by Crippen LogP contribution is 2.31. The van der Waals surface area contributed by atoms with Gasteiger partial charge in [0.1, 0.15) is 0 Å². The third-order valence-electron chi connectivity index (χ3n) is 5.12. The van der Waals surface area contributed by atoms with Crippen molar-refractivity contribution < 1.29 is 13.2 Å². The van der Waals surface area contributed by atoms with Crippen LogP contribution in [-0.4, -0.2) is 46.2 Å². The first-order valence-corrected chi connectivity index (χ1v) is 13.2. The monoisotopic (exact) mass is 462 g/mol. The van der Waals surface area contributed by atoms with Crippen LogP contribution in [0.15, 0.2) is 40.7 Å². The second-order valence-electron chi connectivity index (χ2n) is 7.29. The van der Waals surface area contributed by atoms with Crippen LogP contribution in [0.4, 0.5) is 10.8 Å². The van der Waals surface area contributed by atoms with Crippen molar-refractivity contribution in [2.24, 2.45) is 0 Å². The predicted molar refractivity (Wildman–Crippen MR) is 121 cm³/mol. The maximum absolute atomic E-state index is 12.8. The molecular weight excluding hydrogens is 440 g/mol. The van der Waals surface area contributed by atoms with Gasteiger partial charge in [0.05, 0.1) is 17.3 Å². The van der Waals surface area contributed by atoms with E-state index in [9.17, 15) is 13.2 Å². The molecule has 0 aliphatic carbocycles. The lowest BCUT2D eigenvalue weighted by Gasteiger charge is -2.16. The van der Waals surface area contributed by atoms with Crippen molar-refractivity contribution in [2.75, 3.05) is 22.6 Å². The summed E-state index contributed by atoms with van der Waals surface area (Å²) in [7, 11) is -2.98. The number of nitrogens with one attached hydrogen (secondary N) is 1. The maximum Gasteiger partial charge on any atom is 0.210 e. The molecule has 3 heterocycles. The van der Waals surface area contributed by atoms with Crippen LogP contribution in [0.25, 0.3) is 0 Å². The van der Waals surface area contributed by atoms with E-state index < -0.39 is 9.84 Å². The molecule has 2 aromatic heterocycles. The molecule has 1 aromatic carbocycles. The van der Waals surface area contributed by atoms with Crippen LogP contribution in [0.1, 0.15) is 34.2 Å². The summed E-state index contributed by atoms with van der Waals surface area (Å²) in [4.78, 5) is 12.8. The van der Waals surface area contributed by atoms with Crippen LogP contribution in [0.5, 0.6) is 0 Å². The molecule has 0 amide bonds. The molecule has 1 atom stereocenters. The van der Waals surface area contributed by atoms with Crippen LogP contribution in [0.2, 0.25) is 0 Å². The number of anilines is 2.